The molecule has 2 aromatic heterocycles. The maximum Gasteiger partial charge on any atom is 0.208 e. The van der Waals surface area contributed by atoms with Gasteiger partial charge in [-0.25, -0.2) is 4.98 Å². The van der Waals surface area contributed by atoms with Gasteiger partial charge in [-0.3, -0.25) is 4.79 Å². The van der Waals surface area contributed by atoms with Gasteiger partial charge in [-0.1, -0.05) is 0 Å². The van der Waals surface area contributed by atoms with E-state index in [1.807, 2.05) is 6.07 Å². The van der Waals surface area contributed by atoms with Crippen LogP contribution in [0.1, 0.15) is 20.8 Å². The highest BCUT2D eigenvalue weighted by atomic mass is 32.1. The van der Waals surface area contributed by atoms with Crippen molar-refractivity contribution < 1.29 is 14.3 Å². The predicted molar refractivity (Wildman–Crippen MR) is 96.1 cm³/mol. The zero-order valence-electron chi connectivity index (χ0n) is 13.5. The lowest BCUT2D eigenvalue weighted by Gasteiger charge is -2.09. The van der Waals surface area contributed by atoms with Gasteiger partial charge < -0.3 is 20.9 Å². The number of nitrogen functional groups attached to an aromatic ring is 2. The first-order chi connectivity index (χ1) is 12.0. The first-order valence-corrected chi connectivity index (χ1v) is 7.97. The lowest BCUT2D eigenvalue weighted by atomic mass is 10.1. The molecule has 0 aliphatic heterocycles. The van der Waals surface area contributed by atoms with Crippen LogP contribution >= 0.6 is 11.3 Å². The Hall–Kier alpha value is -3.31. The Labute approximate surface area is 147 Å². The highest BCUT2D eigenvalue weighted by Gasteiger charge is 2.23. The molecule has 2 heterocycles. The van der Waals surface area contributed by atoms with Gasteiger partial charge in [-0.05, 0) is 18.2 Å². The smallest absolute Gasteiger partial charge is 0.208 e. The van der Waals surface area contributed by atoms with Crippen LogP contribution in [0.2, 0.25) is 0 Å². The van der Waals surface area contributed by atoms with Crippen LogP contribution in [0.4, 0.5) is 11.5 Å². The van der Waals surface area contributed by atoms with E-state index in [2.05, 4.69) is 4.98 Å². The van der Waals surface area contributed by atoms with Crippen LogP contribution < -0.4 is 20.9 Å². The third-order valence-corrected chi connectivity index (χ3v) is 4.84. The molecule has 0 spiro atoms. The summed E-state index contributed by atoms with van der Waals surface area (Å²) in [5.41, 5.74) is 12.7. The third-order valence-electron chi connectivity index (χ3n) is 3.73. The number of methoxy groups -OCH3 is 2. The number of thiophene rings is 1. The largest absolute Gasteiger partial charge is 0.497 e. The zero-order chi connectivity index (χ0) is 18.1. The molecule has 0 atom stereocenters. The summed E-state index contributed by atoms with van der Waals surface area (Å²) in [4.78, 5) is 17.9. The van der Waals surface area contributed by atoms with Crippen LogP contribution in [0.5, 0.6) is 11.5 Å². The van der Waals surface area contributed by atoms with Gasteiger partial charge in [0.05, 0.1) is 31.0 Å². The van der Waals surface area contributed by atoms with E-state index in [0.29, 0.717) is 32.2 Å². The first-order valence-electron chi connectivity index (χ1n) is 7.15. The molecule has 7 nitrogen and oxygen atoms in total. The number of carbonyl (C=O) groups is 1. The number of nitrogens with two attached hydrogens (primary N) is 2. The van der Waals surface area contributed by atoms with Crippen LogP contribution in [-0.4, -0.2) is 25.0 Å². The molecule has 0 fully saturated rings. The number of hydrogen-bond acceptors (Lipinski definition) is 8. The van der Waals surface area contributed by atoms with E-state index in [1.165, 1.54) is 14.2 Å². The Morgan fingerprint density at radius 1 is 1.24 bits per heavy atom. The summed E-state index contributed by atoms with van der Waals surface area (Å²) in [6.07, 6.45) is 0. The molecule has 0 amide bonds. The molecule has 4 N–H and O–H groups in total. The normalized spacial score (nSPS) is 10.4. The van der Waals surface area contributed by atoms with Gasteiger partial charge in [-0.2, -0.15) is 5.26 Å². The van der Waals surface area contributed by atoms with Gasteiger partial charge >= 0.3 is 0 Å². The molecule has 8 heteroatoms. The van der Waals surface area contributed by atoms with Crippen molar-refractivity contribution in [3.05, 3.63) is 40.3 Å². The Kier molecular flexibility index (Phi) is 4.17. The molecular formula is C17H14N4O3S. The number of fused-ring (bicyclic) bond motifs is 1. The Balaban J connectivity index is 2.15. The number of rotatable bonds is 4. The minimum absolute atomic E-state index is 0.109. The molecule has 3 rings (SSSR count). The highest BCUT2D eigenvalue weighted by Crippen LogP contribution is 2.37. The summed E-state index contributed by atoms with van der Waals surface area (Å²) >= 11 is 1.13. The monoisotopic (exact) mass is 354 g/mol. The molecule has 0 bridgehead atoms. The van der Waals surface area contributed by atoms with Crippen molar-refractivity contribution in [2.24, 2.45) is 0 Å². The Morgan fingerprint density at radius 2 is 2.00 bits per heavy atom. The van der Waals surface area contributed by atoms with Gasteiger partial charge in [0.1, 0.15) is 33.1 Å². The van der Waals surface area contributed by atoms with Crippen LogP contribution in [0.3, 0.4) is 0 Å². The number of pyridine rings is 1. The lowest BCUT2D eigenvalue weighted by Crippen LogP contribution is -2.05. The summed E-state index contributed by atoms with van der Waals surface area (Å²) in [6.45, 7) is 0. The van der Waals surface area contributed by atoms with E-state index >= 15 is 0 Å². The van der Waals surface area contributed by atoms with E-state index in [0.717, 1.165) is 11.3 Å². The number of carbonyl (C=O) groups excluding carboxylic acids is 1. The maximum absolute atomic E-state index is 12.9. The van der Waals surface area contributed by atoms with E-state index in [9.17, 15) is 4.79 Å². The van der Waals surface area contributed by atoms with E-state index in [1.54, 1.807) is 24.3 Å². The molecule has 1 aromatic carbocycles. The van der Waals surface area contributed by atoms with Crippen molar-refractivity contribution in [1.29, 1.82) is 5.26 Å². The molecule has 0 unspecified atom stereocenters. The van der Waals surface area contributed by atoms with E-state index < -0.39 is 0 Å². The van der Waals surface area contributed by atoms with Crippen molar-refractivity contribution in [3.8, 4) is 17.6 Å². The molecule has 0 aliphatic rings. The SMILES string of the molecule is COc1ccc(C(=O)c2sc3nc(N)c(C#N)cc3c2N)c(OC)c1. The van der Waals surface area contributed by atoms with Crippen LogP contribution in [0.25, 0.3) is 10.2 Å². The average molecular weight is 354 g/mol. The molecule has 0 saturated heterocycles. The summed E-state index contributed by atoms with van der Waals surface area (Å²) in [6, 6.07) is 8.42. The topological polar surface area (TPSA) is 124 Å². The molecule has 25 heavy (non-hydrogen) atoms. The van der Waals surface area contributed by atoms with Gasteiger partial charge in [0.2, 0.25) is 5.78 Å². The minimum atomic E-state index is -0.294. The summed E-state index contributed by atoms with van der Waals surface area (Å²) in [5, 5.41) is 9.61. The van der Waals surface area contributed by atoms with Crippen LogP contribution in [-0.2, 0) is 0 Å². The summed E-state index contributed by atoms with van der Waals surface area (Å²) in [7, 11) is 3.00. The number of hydrogen-bond donors (Lipinski definition) is 2. The number of benzene rings is 1. The number of aromatic nitrogens is 1. The van der Waals surface area contributed by atoms with Gasteiger partial charge in [0, 0.05) is 11.5 Å². The number of ketones is 1. The number of anilines is 2. The summed E-state index contributed by atoms with van der Waals surface area (Å²) < 4.78 is 10.4. The second kappa shape index (κ2) is 6.30. The Bertz CT molecular complexity index is 1040. The van der Waals surface area contributed by atoms with Gasteiger partial charge in [0.25, 0.3) is 0 Å². The fourth-order valence-corrected chi connectivity index (χ4v) is 3.46. The fraction of sp³-hybridized carbons (Fsp3) is 0.118. The van der Waals surface area contributed by atoms with Gasteiger partial charge in [-0.15, -0.1) is 11.3 Å². The molecule has 126 valence electrons. The molecular weight excluding hydrogens is 340 g/mol. The van der Waals surface area contributed by atoms with E-state index in [-0.39, 0.29) is 22.9 Å². The number of nitriles is 1. The quantitative estimate of drug-likeness (QED) is 0.690. The van der Waals surface area contributed by atoms with E-state index in [4.69, 9.17) is 26.2 Å². The van der Waals surface area contributed by atoms with Crippen molar-refractivity contribution in [2.75, 3.05) is 25.7 Å². The second-order valence-corrected chi connectivity index (χ2v) is 6.12. The molecule has 0 aliphatic carbocycles. The third kappa shape index (κ3) is 2.70. The minimum Gasteiger partial charge on any atom is -0.497 e. The fourth-order valence-electron chi connectivity index (χ4n) is 2.42. The maximum atomic E-state index is 12.9. The van der Waals surface area contributed by atoms with Crippen molar-refractivity contribution in [2.45, 2.75) is 0 Å². The van der Waals surface area contributed by atoms with Gasteiger partial charge in [0.15, 0.2) is 0 Å². The predicted octanol–water partition coefficient (Wildman–Crippen LogP) is 2.58. The highest BCUT2D eigenvalue weighted by molar-refractivity contribution is 7.21. The van der Waals surface area contributed by atoms with Crippen LogP contribution in [0, 0.1) is 11.3 Å². The molecule has 0 radical (unpaired) electrons. The molecule has 0 saturated carbocycles. The average Bonchev–Trinajstić information content (AvgIpc) is 2.95. The number of ether oxygens (including phenoxy) is 2. The number of nitrogens with zero attached hydrogens (tertiary/aromatic N) is 2. The second-order valence-electron chi connectivity index (χ2n) is 5.13. The zero-order valence-corrected chi connectivity index (χ0v) is 14.3. The Morgan fingerprint density at radius 3 is 2.64 bits per heavy atom. The summed E-state index contributed by atoms with van der Waals surface area (Å²) in [5.74, 6) is 0.770. The standard InChI is InChI=1S/C17H14N4O3S/c1-23-9-3-4-10(12(6-9)24-2)14(22)15-13(19)11-5-8(7-18)16(20)21-17(11)25-15/h3-6H,19H2,1-2H3,(H2,20,21). The van der Waals surface area contributed by atoms with Crippen molar-refractivity contribution in [3.63, 3.8) is 0 Å². The van der Waals surface area contributed by atoms with Crippen molar-refractivity contribution >= 4 is 38.8 Å². The van der Waals surface area contributed by atoms with Crippen LogP contribution in [0.15, 0.2) is 24.3 Å². The lowest BCUT2D eigenvalue weighted by molar-refractivity contribution is 0.104. The van der Waals surface area contributed by atoms with Crippen molar-refractivity contribution in [1.82, 2.24) is 4.98 Å². The first kappa shape index (κ1) is 16.5. The molecule has 3 aromatic rings.